The fourth-order valence-electron chi connectivity index (χ4n) is 0.920. The Morgan fingerprint density at radius 3 is 2.23 bits per heavy atom. The first-order chi connectivity index (χ1) is 6.11. The van der Waals surface area contributed by atoms with Gasteiger partial charge in [-0.3, -0.25) is 0 Å². The van der Waals surface area contributed by atoms with Crippen LogP contribution in [0.4, 0.5) is 8.78 Å². The summed E-state index contributed by atoms with van der Waals surface area (Å²) >= 11 is 0. The van der Waals surface area contributed by atoms with Crippen molar-refractivity contribution >= 4 is 0 Å². The molecule has 0 aliphatic heterocycles. The van der Waals surface area contributed by atoms with Crippen LogP contribution in [0.25, 0.3) is 0 Å². The van der Waals surface area contributed by atoms with Crippen molar-refractivity contribution < 1.29 is 13.5 Å². The summed E-state index contributed by atoms with van der Waals surface area (Å²) in [6, 6.07) is 3.79. The fraction of sp³-hybridized carbons (Fsp3) is 0.400. The summed E-state index contributed by atoms with van der Waals surface area (Å²) in [6.07, 6.45) is -0.0287. The van der Waals surface area contributed by atoms with Gasteiger partial charge in [-0.25, -0.2) is 8.78 Å². The highest BCUT2D eigenvalue weighted by molar-refractivity contribution is 5.18. The van der Waals surface area contributed by atoms with Crippen molar-refractivity contribution in [1.82, 2.24) is 0 Å². The molecule has 72 valence electrons. The molecule has 0 radical (unpaired) electrons. The first kappa shape index (κ1) is 10.1. The van der Waals surface area contributed by atoms with Gasteiger partial charge in [0, 0.05) is 5.56 Å². The Labute approximate surface area is 76.3 Å². The van der Waals surface area contributed by atoms with E-state index in [9.17, 15) is 8.78 Å². The zero-order valence-corrected chi connectivity index (χ0v) is 7.68. The molecule has 0 amide bonds. The van der Waals surface area contributed by atoms with Crippen molar-refractivity contribution in [2.24, 2.45) is 0 Å². The lowest BCUT2D eigenvalue weighted by Crippen LogP contribution is -2.05. The van der Waals surface area contributed by atoms with Gasteiger partial charge in [0.25, 0.3) is 0 Å². The third-order valence-corrected chi connectivity index (χ3v) is 1.62. The van der Waals surface area contributed by atoms with Gasteiger partial charge in [0.05, 0.1) is 12.7 Å². The van der Waals surface area contributed by atoms with Crippen molar-refractivity contribution in [3.05, 3.63) is 35.4 Å². The van der Waals surface area contributed by atoms with Crippen molar-refractivity contribution in [1.29, 1.82) is 0 Å². The molecule has 1 nitrogen and oxygen atoms in total. The van der Waals surface area contributed by atoms with Gasteiger partial charge in [0.1, 0.15) is 11.6 Å². The van der Waals surface area contributed by atoms with Gasteiger partial charge in [-0.05, 0) is 26.0 Å². The van der Waals surface area contributed by atoms with E-state index in [0.29, 0.717) is 0 Å². The van der Waals surface area contributed by atoms with E-state index in [2.05, 4.69) is 0 Å². The molecule has 0 bridgehead atoms. The molecule has 0 saturated heterocycles. The Hall–Kier alpha value is -0.960. The van der Waals surface area contributed by atoms with Gasteiger partial charge < -0.3 is 4.74 Å². The lowest BCUT2D eigenvalue weighted by molar-refractivity contribution is 0.0620. The highest BCUT2D eigenvalue weighted by atomic mass is 19.1. The van der Waals surface area contributed by atoms with Crippen LogP contribution in [-0.4, -0.2) is 6.10 Å². The van der Waals surface area contributed by atoms with Crippen molar-refractivity contribution in [3.8, 4) is 0 Å². The predicted octanol–water partition coefficient (Wildman–Crippen LogP) is 2.89. The van der Waals surface area contributed by atoms with Crippen LogP contribution in [0.15, 0.2) is 18.2 Å². The minimum atomic E-state index is -0.555. The van der Waals surface area contributed by atoms with Crippen molar-refractivity contribution in [2.75, 3.05) is 0 Å². The van der Waals surface area contributed by atoms with E-state index in [1.165, 1.54) is 18.2 Å². The topological polar surface area (TPSA) is 9.23 Å². The quantitative estimate of drug-likeness (QED) is 0.705. The highest BCUT2D eigenvalue weighted by Gasteiger charge is 2.08. The molecular formula is C10H12F2O. The number of hydrogen-bond acceptors (Lipinski definition) is 1. The van der Waals surface area contributed by atoms with Gasteiger partial charge in [0.15, 0.2) is 0 Å². The normalized spacial score (nSPS) is 10.8. The Kier molecular flexibility index (Phi) is 3.37. The summed E-state index contributed by atoms with van der Waals surface area (Å²) in [4.78, 5) is 0. The molecule has 0 aliphatic rings. The zero-order valence-electron chi connectivity index (χ0n) is 7.68. The maximum atomic E-state index is 13.0. The Balaban J connectivity index is 2.75. The van der Waals surface area contributed by atoms with Crippen LogP contribution < -0.4 is 0 Å². The maximum absolute atomic E-state index is 13.0. The molecule has 0 saturated carbocycles. The molecule has 1 aromatic carbocycles. The second-order valence-corrected chi connectivity index (χ2v) is 3.06. The second kappa shape index (κ2) is 4.33. The smallest absolute Gasteiger partial charge is 0.131 e. The second-order valence-electron chi connectivity index (χ2n) is 3.06. The molecule has 3 heteroatoms. The van der Waals surface area contributed by atoms with E-state index in [0.717, 1.165) is 0 Å². The third kappa shape index (κ3) is 2.77. The number of hydrogen-bond donors (Lipinski definition) is 0. The summed E-state index contributed by atoms with van der Waals surface area (Å²) in [5, 5.41) is 0. The van der Waals surface area contributed by atoms with E-state index in [4.69, 9.17) is 4.74 Å². The van der Waals surface area contributed by atoms with Crippen LogP contribution in [0.5, 0.6) is 0 Å². The molecular weight excluding hydrogens is 174 g/mol. The Morgan fingerprint density at radius 1 is 1.23 bits per heavy atom. The van der Waals surface area contributed by atoms with E-state index < -0.39 is 11.6 Å². The molecule has 0 heterocycles. The van der Waals surface area contributed by atoms with Crippen LogP contribution in [0, 0.1) is 11.6 Å². The first-order valence-corrected chi connectivity index (χ1v) is 4.15. The Morgan fingerprint density at radius 2 is 1.77 bits per heavy atom. The van der Waals surface area contributed by atoms with Gasteiger partial charge in [-0.2, -0.15) is 0 Å². The summed E-state index contributed by atoms with van der Waals surface area (Å²) in [7, 11) is 0. The lowest BCUT2D eigenvalue weighted by atomic mass is 10.2. The Bertz CT molecular complexity index is 264. The predicted molar refractivity (Wildman–Crippen MR) is 46.3 cm³/mol. The van der Waals surface area contributed by atoms with E-state index >= 15 is 0 Å². The van der Waals surface area contributed by atoms with E-state index in [1.54, 1.807) is 0 Å². The van der Waals surface area contributed by atoms with Crippen LogP contribution in [0.2, 0.25) is 0 Å². The highest BCUT2D eigenvalue weighted by Crippen LogP contribution is 2.13. The number of halogens is 2. The van der Waals surface area contributed by atoms with Crippen LogP contribution in [0.3, 0.4) is 0 Å². The standard InChI is InChI=1S/C10H12F2O/c1-7(2)13-6-8-9(11)4-3-5-10(8)12/h3-5,7H,6H2,1-2H3. The van der Waals surface area contributed by atoms with Crippen LogP contribution in [0.1, 0.15) is 19.4 Å². The summed E-state index contributed by atoms with van der Waals surface area (Å²) < 4.78 is 31.1. The third-order valence-electron chi connectivity index (χ3n) is 1.62. The minimum absolute atomic E-state index is 0.00352. The molecule has 0 unspecified atom stereocenters. The van der Waals surface area contributed by atoms with E-state index in [1.807, 2.05) is 13.8 Å². The summed E-state index contributed by atoms with van der Waals surface area (Å²) in [5.41, 5.74) is -0.00352. The first-order valence-electron chi connectivity index (χ1n) is 4.15. The van der Waals surface area contributed by atoms with Gasteiger partial charge in [0.2, 0.25) is 0 Å². The molecule has 0 aromatic heterocycles. The molecule has 0 spiro atoms. The largest absolute Gasteiger partial charge is 0.374 e. The van der Waals surface area contributed by atoms with Crippen LogP contribution in [-0.2, 0) is 11.3 Å². The SMILES string of the molecule is CC(C)OCc1c(F)cccc1F. The lowest BCUT2D eigenvalue weighted by Gasteiger charge is -2.08. The molecule has 1 rings (SSSR count). The summed E-state index contributed by atoms with van der Waals surface area (Å²) in [6.45, 7) is 3.62. The number of ether oxygens (including phenoxy) is 1. The van der Waals surface area contributed by atoms with Crippen LogP contribution >= 0.6 is 0 Å². The van der Waals surface area contributed by atoms with Gasteiger partial charge >= 0.3 is 0 Å². The molecule has 13 heavy (non-hydrogen) atoms. The monoisotopic (exact) mass is 186 g/mol. The van der Waals surface area contributed by atoms with Crippen molar-refractivity contribution in [3.63, 3.8) is 0 Å². The van der Waals surface area contributed by atoms with E-state index in [-0.39, 0.29) is 18.3 Å². The average molecular weight is 186 g/mol. The molecule has 0 atom stereocenters. The molecule has 0 fully saturated rings. The number of benzene rings is 1. The fourth-order valence-corrected chi connectivity index (χ4v) is 0.920. The minimum Gasteiger partial charge on any atom is -0.374 e. The summed E-state index contributed by atoms with van der Waals surface area (Å²) in [5.74, 6) is -1.11. The maximum Gasteiger partial charge on any atom is 0.131 e. The molecule has 0 N–H and O–H groups in total. The zero-order chi connectivity index (χ0) is 9.84. The van der Waals surface area contributed by atoms with Gasteiger partial charge in [-0.15, -0.1) is 0 Å². The van der Waals surface area contributed by atoms with Crippen molar-refractivity contribution in [2.45, 2.75) is 26.6 Å². The number of rotatable bonds is 3. The average Bonchev–Trinajstić information content (AvgIpc) is 2.03. The van der Waals surface area contributed by atoms with Gasteiger partial charge in [-0.1, -0.05) is 6.07 Å². The molecule has 1 aromatic rings. The molecule has 0 aliphatic carbocycles.